The summed E-state index contributed by atoms with van der Waals surface area (Å²) >= 11 is 0. The molecule has 8 rings (SSSR count). The molecule has 5 aromatic carbocycles. The van der Waals surface area contributed by atoms with Crippen molar-refractivity contribution in [2.24, 2.45) is 0 Å². The van der Waals surface area contributed by atoms with E-state index in [2.05, 4.69) is 124 Å². The number of rotatable bonds is 3. The van der Waals surface area contributed by atoms with E-state index >= 15 is 0 Å². The smallest absolute Gasteiger partial charge is 0.0715 e. The molecule has 2 aliphatic rings. The van der Waals surface area contributed by atoms with E-state index in [4.69, 9.17) is 4.98 Å². The first-order chi connectivity index (χ1) is 19.7. The summed E-state index contributed by atoms with van der Waals surface area (Å²) in [5.74, 6) is 0.376. The largest absolute Gasteiger partial charge is 0.248 e. The number of aromatic nitrogens is 1. The number of hydrogen-bond donors (Lipinski definition) is 0. The Hall–Kier alpha value is -4.75. The van der Waals surface area contributed by atoms with Gasteiger partial charge in [-0.25, -0.2) is 4.98 Å². The number of allylic oxidation sites excluding steroid dienone is 1. The molecule has 0 saturated heterocycles. The predicted octanol–water partition coefficient (Wildman–Crippen LogP) is 9.59. The molecule has 0 radical (unpaired) electrons. The van der Waals surface area contributed by atoms with Crippen molar-refractivity contribution in [2.75, 3.05) is 0 Å². The first-order valence-corrected chi connectivity index (χ1v) is 14.2. The van der Waals surface area contributed by atoms with Gasteiger partial charge in [0.2, 0.25) is 0 Å². The lowest BCUT2D eigenvalue weighted by atomic mass is 9.85. The van der Waals surface area contributed by atoms with Crippen molar-refractivity contribution in [2.45, 2.75) is 26.2 Å². The SMILES string of the molecule is C=Cc1ccc2c(-c3ccc4c(n3)C=CC4)cc(-c3ccc4c(c3)C(C)c3ccccc3-4)c3cc/c(=C/C)c1c32. The fourth-order valence-corrected chi connectivity index (χ4v) is 7.05. The normalized spacial score (nSPS) is 15.6. The summed E-state index contributed by atoms with van der Waals surface area (Å²) in [6.07, 6.45) is 9.51. The third-order valence-corrected chi connectivity index (χ3v) is 9.07. The zero-order valence-electron chi connectivity index (χ0n) is 22.8. The molecule has 0 amide bonds. The molecule has 0 spiro atoms. The third kappa shape index (κ3) is 3.18. The second-order valence-corrected chi connectivity index (χ2v) is 11.1. The van der Waals surface area contributed by atoms with Crippen LogP contribution in [0.2, 0.25) is 0 Å². The summed E-state index contributed by atoms with van der Waals surface area (Å²) in [7, 11) is 0. The van der Waals surface area contributed by atoms with Gasteiger partial charge in [0.1, 0.15) is 0 Å². The van der Waals surface area contributed by atoms with Gasteiger partial charge in [-0.3, -0.25) is 0 Å². The van der Waals surface area contributed by atoms with E-state index in [1.54, 1.807) is 0 Å². The fourth-order valence-electron chi connectivity index (χ4n) is 7.05. The number of nitrogens with zero attached hydrogens (tertiary/aromatic N) is 1. The Morgan fingerprint density at radius 3 is 2.48 bits per heavy atom. The van der Waals surface area contributed by atoms with Gasteiger partial charge in [0.25, 0.3) is 0 Å². The number of hydrogen-bond acceptors (Lipinski definition) is 1. The van der Waals surface area contributed by atoms with E-state index < -0.39 is 0 Å². The van der Waals surface area contributed by atoms with Crippen LogP contribution in [0.15, 0.2) is 97.6 Å². The second kappa shape index (κ2) is 8.63. The second-order valence-electron chi connectivity index (χ2n) is 11.1. The summed E-state index contributed by atoms with van der Waals surface area (Å²) in [6.45, 7) is 8.62. The number of benzene rings is 5. The van der Waals surface area contributed by atoms with Crippen molar-refractivity contribution >= 4 is 39.8 Å². The van der Waals surface area contributed by atoms with E-state index in [0.717, 1.165) is 23.4 Å². The minimum atomic E-state index is 0.376. The average Bonchev–Trinajstić information content (AvgIpc) is 3.59. The van der Waals surface area contributed by atoms with E-state index in [-0.39, 0.29) is 0 Å². The van der Waals surface area contributed by atoms with Crippen LogP contribution in [0.4, 0.5) is 0 Å². The van der Waals surface area contributed by atoms with Gasteiger partial charge in [0.15, 0.2) is 0 Å². The van der Waals surface area contributed by atoms with Crippen LogP contribution in [0.1, 0.15) is 47.7 Å². The van der Waals surface area contributed by atoms with Crippen LogP contribution in [-0.4, -0.2) is 4.98 Å². The summed E-state index contributed by atoms with van der Waals surface area (Å²) < 4.78 is 0. The number of pyridine rings is 1. The molecule has 1 heteroatoms. The number of fused-ring (bicyclic) bond motifs is 4. The van der Waals surface area contributed by atoms with Crippen LogP contribution in [0.25, 0.3) is 73.3 Å². The maximum Gasteiger partial charge on any atom is 0.0715 e. The lowest BCUT2D eigenvalue weighted by molar-refractivity contribution is 0.957. The molecule has 2 aliphatic carbocycles. The first-order valence-electron chi connectivity index (χ1n) is 14.2. The molecule has 1 unspecified atom stereocenters. The molecule has 1 atom stereocenters. The fraction of sp³-hybridized carbons (Fsp3) is 0.103. The van der Waals surface area contributed by atoms with Gasteiger partial charge < -0.3 is 0 Å². The average molecular weight is 512 g/mol. The molecule has 1 aromatic heterocycles. The molecule has 190 valence electrons. The van der Waals surface area contributed by atoms with Gasteiger partial charge in [-0.2, -0.15) is 0 Å². The quantitative estimate of drug-likeness (QED) is 0.230. The molecule has 6 aromatic rings. The Morgan fingerprint density at radius 2 is 1.60 bits per heavy atom. The summed E-state index contributed by atoms with van der Waals surface area (Å²) in [5, 5.41) is 6.29. The molecule has 0 fully saturated rings. The molecular weight excluding hydrogens is 482 g/mol. The summed E-state index contributed by atoms with van der Waals surface area (Å²) in [5.41, 5.74) is 13.8. The highest BCUT2D eigenvalue weighted by molar-refractivity contribution is 6.21. The van der Waals surface area contributed by atoms with Crippen molar-refractivity contribution in [1.29, 1.82) is 0 Å². The first kappa shape index (κ1) is 23.2. The Kier molecular flexibility index (Phi) is 5.00. The molecule has 0 aliphatic heterocycles. The van der Waals surface area contributed by atoms with Crippen LogP contribution >= 0.6 is 0 Å². The third-order valence-electron chi connectivity index (χ3n) is 9.07. The highest BCUT2D eigenvalue weighted by Crippen LogP contribution is 2.47. The van der Waals surface area contributed by atoms with Crippen LogP contribution in [0.3, 0.4) is 0 Å². The van der Waals surface area contributed by atoms with Crippen LogP contribution in [-0.2, 0) is 6.42 Å². The molecule has 1 heterocycles. The Balaban J connectivity index is 1.47. The van der Waals surface area contributed by atoms with Gasteiger partial charge in [0, 0.05) is 11.5 Å². The van der Waals surface area contributed by atoms with Crippen molar-refractivity contribution in [3.63, 3.8) is 0 Å². The van der Waals surface area contributed by atoms with E-state index in [1.807, 2.05) is 6.08 Å². The van der Waals surface area contributed by atoms with Crippen molar-refractivity contribution in [3.8, 4) is 33.5 Å². The monoisotopic (exact) mass is 511 g/mol. The maximum absolute atomic E-state index is 5.15. The molecular formula is C39H29N. The maximum atomic E-state index is 5.15. The molecule has 1 nitrogen and oxygen atoms in total. The lowest BCUT2D eigenvalue weighted by Gasteiger charge is -2.18. The highest BCUT2D eigenvalue weighted by Gasteiger charge is 2.26. The van der Waals surface area contributed by atoms with Gasteiger partial charge in [-0.15, -0.1) is 0 Å². The van der Waals surface area contributed by atoms with Crippen LogP contribution in [0.5, 0.6) is 0 Å². The molecule has 0 bridgehead atoms. The Morgan fingerprint density at radius 1 is 0.775 bits per heavy atom. The van der Waals surface area contributed by atoms with Crippen molar-refractivity contribution in [3.05, 3.63) is 131 Å². The summed E-state index contributed by atoms with van der Waals surface area (Å²) in [4.78, 5) is 5.15. The van der Waals surface area contributed by atoms with Gasteiger partial charge in [-0.1, -0.05) is 98.5 Å². The highest BCUT2D eigenvalue weighted by atomic mass is 14.7. The zero-order valence-corrected chi connectivity index (χ0v) is 22.8. The van der Waals surface area contributed by atoms with Gasteiger partial charge in [0.05, 0.1) is 11.4 Å². The predicted molar refractivity (Wildman–Crippen MR) is 171 cm³/mol. The van der Waals surface area contributed by atoms with E-state index in [0.29, 0.717) is 5.92 Å². The van der Waals surface area contributed by atoms with E-state index in [9.17, 15) is 0 Å². The molecule has 0 N–H and O–H groups in total. The minimum Gasteiger partial charge on any atom is -0.248 e. The van der Waals surface area contributed by atoms with Gasteiger partial charge in [-0.05, 0) is 109 Å². The minimum absolute atomic E-state index is 0.376. The zero-order chi connectivity index (χ0) is 27.0. The van der Waals surface area contributed by atoms with Crippen molar-refractivity contribution < 1.29 is 0 Å². The van der Waals surface area contributed by atoms with Crippen LogP contribution < -0.4 is 5.22 Å². The lowest BCUT2D eigenvalue weighted by Crippen LogP contribution is -2.04. The van der Waals surface area contributed by atoms with Gasteiger partial charge >= 0.3 is 0 Å². The standard InChI is InChI=1S/C39H29N/c1-4-24-13-18-31-34(27-15-17-30-29-11-7-6-10-28(29)23(3)33(30)21-27)22-35(32-19-14-25(5-2)38(24)39(31)32)37-20-16-26-9-8-12-36(26)40-37/h4-8,10-23H,2,9H2,1,3H3/b24-4-. The molecule has 0 saturated carbocycles. The Bertz CT molecular complexity index is 2130. The molecule has 40 heavy (non-hydrogen) atoms. The van der Waals surface area contributed by atoms with E-state index in [1.165, 1.54) is 71.3 Å². The topological polar surface area (TPSA) is 12.9 Å². The Labute approximate surface area is 234 Å². The van der Waals surface area contributed by atoms with Crippen molar-refractivity contribution in [1.82, 2.24) is 4.98 Å². The van der Waals surface area contributed by atoms with Crippen LogP contribution in [0, 0.1) is 0 Å². The summed E-state index contributed by atoms with van der Waals surface area (Å²) in [6, 6.07) is 31.8.